The van der Waals surface area contributed by atoms with Crippen molar-refractivity contribution >= 4 is 40.4 Å². The van der Waals surface area contributed by atoms with Crippen LogP contribution in [0.3, 0.4) is 0 Å². The van der Waals surface area contributed by atoms with E-state index in [1.807, 2.05) is 0 Å². The summed E-state index contributed by atoms with van der Waals surface area (Å²) in [6, 6.07) is 6.37. The van der Waals surface area contributed by atoms with E-state index in [2.05, 4.69) is 30.2 Å². The maximum atomic E-state index is 12.6. The number of benzene rings is 1. The summed E-state index contributed by atoms with van der Waals surface area (Å²) in [4.78, 5) is 55.7. The molecule has 0 bridgehead atoms. The lowest BCUT2D eigenvalue weighted by atomic mass is 10.1. The monoisotopic (exact) mass is 437 g/mol. The Balaban J connectivity index is 1.58. The van der Waals surface area contributed by atoms with Crippen LogP contribution in [-0.2, 0) is 9.53 Å². The maximum Gasteiger partial charge on any atom is 0.337 e. The molecule has 3 heterocycles. The lowest BCUT2D eigenvalue weighted by molar-refractivity contribution is -0.129. The lowest BCUT2D eigenvalue weighted by Crippen LogP contribution is -2.48. The van der Waals surface area contributed by atoms with Gasteiger partial charge in [-0.1, -0.05) is 0 Å². The minimum absolute atomic E-state index is 0.0657. The van der Waals surface area contributed by atoms with E-state index >= 15 is 0 Å². The lowest BCUT2D eigenvalue weighted by Gasteiger charge is -2.35. The van der Waals surface area contributed by atoms with Crippen LogP contribution in [0.5, 0.6) is 0 Å². The van der Waals surface area contributed by atoms with E-state index in [0.717, 1.165) is 5.82 Å². The van der Waals surface area contributed by atoms with Crippen molar-refractivity contribution in [2.45, 2.75) is 13.8 Å². The number of esters is 1. The Hall–Kier alpha value is -4.02. The highest BCUT2D eigenvalue weighted by Gasteiger charge is 2.20. The number of carbonyl (C=O) groups is 2. The number of aromatic amines is 1. The van der Waals surface area contributed by atoms with Crippen molar-refractivity contribution in [2.24, 2.45) is 0 Å². The van der Waals surface area contributed by atoms with E-state index in [-0.39, 0.29) is 22.8 Å². The number of rotatable bonds is 4. The highest BCUT2D eigenvalue weighted by atomic mass is 16.5. The number of hydrogen-bond donors (Lipinski definition) is 2. The number of nitrogens with one attached hydrogen (secondary N) is 2. The van der Waals surface area contributed by atoms with Crippen molar-refractivity contribution in [3.63, 3.8) is 0 Å². The standard InChI is InChI=1S/C21H23N7O4/c1-12-22-17(11-18(23-12)28-8-6-27(7-9-28)13(2)29)25-21-24-16-5-4-14(20(31)32-3)10-15(16)19(30)26-21/h4-5,10-11H,6-9H2,1-3H3,(H2,22,23,24,25,26,30). The Morgan fingerprint density at radius 1 is 1.09 bits per heavy atom. The van der Waals surface area contributed by atoms with Gasteiger partial charge in [0.15, 0.2) is 0 Å². The molecule has 0 atom stereocenters. The van der Waals surface area contributed by atoms with Crippen LogP contribution in [-0.4, -0.2) is 70.0 Å². The van der Waals surface area contributed by atoms with Crippen LogP contribution in [0.2, 0.25) is 0 Å². The number of H-pyrrole nitrogens is 1. The topological polar surface area (TPSA) is 133 Å². The number of piperazine rings is 1. The molecule has 2 aromatic heterocycles. The molecular formula is C21H23N7O4. The molecule has 32 heavy (non-hydrogen) atoms. The van der Waals surface area contributed by atoms with Gasteiger partial charge in [0.05, 0.1) is 23.6 Å². The van der Waals surface area contributed by atoms with Gasteiger partial charge < -0.3 is 19.9 Å². The molecule has 11 heteroatoms. The number of anilines is 3. The average molecular weight is 437 g/mol. The first-order valence-electron chi connectivity index (χ1n) is 10.1. The number of fused-ring (bicyclic) bond motifs is 1. The Labute approximate surface area is 183 Å². The molecule has 0 radical (unpaired) electrons. The fraction of sp³-hybridized carbons (Fsp3) is 0.333. The second kappa shape index (κ2) is 8.61. The van der Waals surface area contributed by atoms with E-state index < -0.39 is 11.5 Å². The Bertz CT molecular complexity index is 1250. The number of methoxy groups -OCH3 is 1. The zero-order valence-corrected chi connectivity index (χ0v) is 18.0. The molecule has 1 aliphatic heterocycles. The molecule has 1 saturated heterocycles. The van der Waals surface area contributed by atoms with Crippen molar-refractivity contribution in [3.05, 3.63) is 46.0 Å². The fourth-order valence-corrected chi connectivity index (χ4v) is 3.59. The van der Waals surface area contributed by atoms with Crippen LogP contribution in [0, 0.1) is 6.92 Å². The molecule has 1 amide bonds. The molecule has 0 spiro atoms. The molecule has 1 aromatic carbocycles. The summed E-state index contributed by atoms with van der Waals surface area (Å²) >= 11 is 0. The number of nitrogens with zero attached hydrogens (tertiary/aromatic N) is 5. The molecule has 11 nitrogen and oxygen atoms in total. The summed E-state index contributed by atoms with van der Waals surface area (Å²) in [5.41, 5.74) is 0.304. The summed E-state index contributed by atoms with van der Waals surface area (Å²) in [6.45, 7) is 5.96. The zero-order chi connectivity index (χ0) is 22.8. The van der Waals surface area contributed by atoms with Gasteiger partial charge in [-0.15, -0.1) is 0 Å². The van der Waals surface area contributed by atoms with Crippen LogP contribution in [0.4, 0.5) is 17.6 Å². The van der Waals surface area contributed by atoms with Gasteiger partial charge in [0, 0.05) is 39.2 Å². The second-order valence-electron chi connectivity index (χ2n) is 7.41. The third kappa shape index (κ3) is 4.36. The van der Waals surface area contributed by atoms with Crippen molar-refractivity contribution in [1.82, 2.24) is 24.8 Å². The summed E-state index contributed by atoms with van der Waals surface area (Å²) in [6.07, 6.45) is 0. The second-order valence-corrected chi connectivity index (χ2v) is 7.41. The predicted octanol–water partition coefficient (Wildman–Crippen LogP) is 1.22. The van der Waals surface area contributed by atoms with Gasteiger partial charge in [-0.3, -0.25) is 14.6 Å². The molecule has 4 rings (SSSR count). The Morgan fingerprint density at radius 2 is 1.84 bits per heavy atom. The summed E-state index contributed by atoms with van der Waals surface area (Å²) < 4.78 is 4.70. The molecule has 166 valence electrons. The smallest absolute Gasteiger partial charge is 0.337 e. The number of carbonyl (C=O) groups excluding carboxylic acids is 2. The maximum absolute atomic E-state index is 12.6. The van der Waals surface area contributed by atoms with E-state index in [4.69, 9.17) is 4.74 Å². The van der Waals surface area contributed by atoms with Crippen molar-refractivity contribution in [1.29, 1.82) is 0 Å². The van der Waals surface area contributed by atoms with E-state index in [1.165, 1.54) is 13.2 Å². The Morgan fingerprint density at radius 3 is 2.53 bits per heavy atom. The molecule has 1 fully saturated rings. The number of aryl methyl sites for hydroxylation is 1. The molecular weight excluding hydrogens is 414 g/mol. The number of aromatic nitrogens is 4. The average Bonchev–Trinajstić information content (AvgIpc) is 2.78. The van der Waals surface area contributed by atoms with Gasteiger partial charge in [0.2, 0.25) is 11.9 Å². The minimum Gasteiger partial charge on any atom is -0.465 e. The zero-order valence-electron chi connectivity index (χ0n) is 18.0. The normalized spacial score (nSPS) is 13.8. The summed E-state index contributed by atoms with van der Waals surface area (Å²) in [5.74, 6) is 1.53. The highest BCUT2D eigenvalue weighted by Crippen LogP contribution is 2.20. The van der Waals surface area contributed by atoms with Crippen LogP contribution in [0.15, 0.2) is 29.1 Å². The first kappa shape index (κ1) is 21.2. The van der Waals surface area contributed by atoms with Gasteiger partial charge in [-0.05, 0) is 25.1 Å². The van der Waals surface area contributed by atoms with Gasteiger partial charge in [0.25, 0.3) is 5.56 Å². The van der Waals surface area contributed by atoms with Gasteiger partial charge in [0.1, 0.15) is 17.5 Å². The highest BCUT2D eigenvalue weighted by molar-refractivity contribution is 5.94. The fourth-order valence-electron chi connectivity index (χ4n) is 3.59. The van der Waals surface area contributed by atoms with Crippen LogP contribution < -0.4 is 15.8 Å². The first-order chi connectivity index (χ1) is 15.3. The van der Waals surface area contributed by atoms with E-state index in [9.17, 15) is 14.4 Å². The first-order valence-corrected chi connectivity index (χ1v) is 10.1. The summed E-state index contributed by atoms with van der Waals surface area (Å²) in [5, 5.41) is 3.31. The predicted molar refractivity (Wildman–Crippen MR) is 118 cm³/mol. The van der Waals surface area contributed by atoms with Gasteiger partial charge >= 0.3 is 5.97 Å². The SMILES string of the molecule is COC(=O)c1ccc2nc(Nc3cc(N4CCN(C(C)=O)CC4)nc(C)n3)[nH]c(=O)c2c1. The molecule has 3 aromatic rings. The number of ether oxygens (including phenoxy) is 1. The van der Waals surface area contributed by atoms with Gasteiger partial charge in [-0.25, -0.2) is 19.7 Å². The minimum atomic E-state index is -0.526. The molecule has 1 aliphatic rings. The van der Waals surface area contributed by atoms with Crippen molar-refractivity contribution in [2.75, 3.05) is 43.5 Å². The molecule has 0 unspecified atom stereocenters. The van der Waals surface area contributed by atoms with Crippen LogP contribution in [0.25, 0.3) is 10.9 Å². The van der Waals surface area contributed by atoms with E-state index in [1.54, 1.807) is 36.9 Å². The molecule has 0 aliphatic carbocycles. The third-order valence-electron chi connectivity index (χ3n) is 5.25. The van der Waals surface area contributed by atoms with E-state index in [0.29, 0.717) is 43.3 Å². The van der Waals surface area contributed by atoms with Gasteiger partial charge in [-0.2, -0.15) is 0 Å². The molecule has 2 N–H and O–H groups in total. The molecule has 0 saturated carbocycles. The van der Waals surface area contributed by atoms with Crippen LogP contribution in [0.1, 0.15) is 23.1 Å². The largest absolute Gasteiger partial charge is 0.465 e. The van der Waals surface area contributed by atoms with Crippen LogP contribution >= 0.6 is 0 Å². The van der Waals surface area contributed by atoms with Crippen molar-refractivity contribution < 1.29 is 14.3 Å². The third-order valence-corrected chi connectivity index (χ3v) is 5.25. The Kier molecular flexibility index (Phi) is 5.71. The quantitative estimate of drug-likeness (QED) is 0.578. The number of amides is 1. The van der Waals surface area contributed by atoms with Crippen molar-refractivity contribution in [3.8, 4) is 0 Å². The number of hydrogen-bond acceptors (Lipinski definition) is 9. The summed E-state index contributed by atoms with van der Waals surface area (Å²) in [7, 11) is 1.28.